The van der Waals surface area contributed by atoms with Gasteiger partial charge in [0.05, 0.1) is 6.61 Å². The number of pyridine rings is 1. The summed E-state index contributed by atoms with van der Waals surface area (Å²) in [6.07, 6.45) is 1.85. The minimum Gasteiger partial charge on any atom is -0.377 e. The van der Waals surface area contributed by atoms with Crippen molar-refractivity contribution < 1.29 is 4.74 Å². The standard InChI is InChI=1S/C13H15NO/c1-3-15-9-12-6-4-5-11-7-8-14-10(2)13(11)12/h4-8H,3,9H2,1-2H3. The van der Waals surface area contributed by atoms with E-state index in [2.05, 4.69) is 23.2 Å². The van der Waals surface area contributed by atoms with Gasteiger partial charge in [0.2, 0.25) is 0 Å². The van der Waals surface area contributed by atoms with E-state index in [0.29, 0.717) is 6.61 Å². The minimum atomic E-state index is 0.667. The molecule has 0 saturated heterocycles. The highest BCUT2D eigenvalue weighted by atomic mass is 16.5. The first-order valence-electron chi connectivity index (χ1n) is 5.24. The predicted molar refractivity (Wildman–Crippen MR) is 61.8 cm³/mol. The van der Waals surface area contributed by atoms with Crippen molar-refractivity contribution in [3.05, 3.63) is 41.7 Å². The number of ether oxygens (including phenoxy) is 1. The van der Waals surface area contributed by atoms with Crippen LogP contribution in [-0.4, -0.2) is 11.6 Å². The maximum absolute atomic E-state index is 5.45. The number of fused-ring (bicyclic) bond motifs is 1. The Labute approximate surface area is 89.9 Å². The second-order valence-corrected chi connectivity index (χ2v) is 3.55. The van der Waals surface area contributed by atoms with E-state index >= 15 is 0 Å². The number of aryl methyl sites for hydroxylation is 1. The van der Waals surface area contributed by atoms with E-state index in [-0.39, 0.29) is 0 Å². The highest BCUT2D eigenvalue weighted by Crippen LogP contribution is 2.21. The molecule has 1 aromatic heterocycles. The van der Waals surface area contributed by atoms with Gasteiger partial charge in [-0.2, -0.15) is 0 Å². The van der Waals surface area contributed by atoms with Gasteiger partial charge in [-0.1, -0.05) is 18.2 Å². The summed E-state index contributed by atoms with van der Waals surface area (Å²) in [5.74, 6) is 0. The monoisotopic (exact) mass is 201 g/mol. The van der Waals surface area contributed by atoms with Gasteiger partial charge in [0.25, 0.3) is 0 Å². The van der Waals surface area contributed by atoms with E-state index in [1.54, 1.807) is 0 Å². The van der Waals surface area contributed by atoms with Gasteiger partial charge in [-0.3, -0.25) is 4.98 Å². The summed E-state index contributed by atoms with van der Waals surface area (Å²) in [4.78, 5) is 4.32. The molecule has 2 nitrogen and oxygen atoms in total. The number of benzene rings is 1. The molecular formula is C13H15NO. The van der Waals surface area contributed by atoms with Crippen molar-refractivity contribution in [1.82, 2.24) is 4.98 Å². The molecule has 0 spiro atoms. The van der Waals surface area contributed by atoms with Crippen LogP contribution in [-0.2, 0) is 11.3 Å². The van der Waals surface area contributed by atoms with Gasteiger partial charge in [0.15, 0.2) is 0 Å². The third-order valence-corrected chi connectivity index (χ3v) is 2.53. The maximum Gasteiger partial charge on any atom is 0.0723 e. The Balaban J connectivity index is 2.53. The summed E-state index contributed by atoms with van der Waals surface area (Å²) in [7, 11) is 0. The molecule has 15 heavy (non-hydrogen) atoms. The molecule has 1 aromatic carbocycles. The molecule has 0 fully saturated rings. The Morgan fingerprint density at radius 1 is 1.27 bits per heavy atom. The fourth-order valence-electron chi connectivity index (χ4n) is 1.83. The molecule has 0 N–H and O–H groups in total. The third-order valence-electron chi connectivity index (χ3n) is 2.53. The molecule has 0 aliphatic heterocycles. The molecule has 78 valence electrons. The van der Waals surface area contributed by atoms with Crippen LogP contribution in [0.15, 0.2) is 30.5 Å². The molecule has 0 atom stereocenters. The molecular weight excluding hydrogens is 186 g/mol. The van der Waals surface area contributed by atoms with Crippen LogP contribution in [0.25, 0.3) is 10.8 Å². The largest absolute Gasteiger partial charge is 0.377 e. The molecule has 0 saturated carbocycles. The Morgan fingerprint density at radius 2 is 2.13 bits per heavy atom. The first kappa shape index (κ1) is 10.1. The van der Waals surface area contributed by atoms with Crippen molar-refractivity contribution >= 4 is 10.8 Å². The van der Waals surface area contributed by atoms with Crippen LogP contribution in [0.2, 0.25) is 0 Å². The van der Waals surface area contributed by atoms with E-state index in [0.717, 1.165) is 12.3 Å². The van der Waals surface area contributed by atoms with Crippen LogP contribution in [0.1, 0.15) is 18.2 Å². The predicted octanol–water partition coefficient (Wildman–Crippen LogP) is 3.08. The molecule has 2 heteroatoms. The smallest absolute Gasteiger partial charge is 0.0723 e. The van der Waals surface area contributed by atoms with Crippen LogP contribution in [0, 0.1) is 6.92 Å². The summed E-state index contributed by atoms with van der Waals surface area (Å²) in [6, 6.07) is 8.32. The zero-order valence-corrected chi connectivity index (χ0v) is 9.16. The van der Waals surface area contributed by atoms with E-state index in [9.17, 15) is 0 Å². The van der Waals surface area contributed by atoms with Crippen molar-refractivity contribution in [2.24, 2.45) is 0 Å². The van der Waals surface area contributed by atoms with Crippen LogP contribution in [0.4, 0.5) is 0 Å². The Morgan fingerprint density at radius 3 is 2.93 bits per heavy atom. The number of aromatic nitrogens is 1. The summed E-state index contributed by atoms with van der Waals surface area (Å²) >= 11 is 0. The molecule has 0 aliphatic rings. The molecule has 0 aliphatic carbocycles. The average Bonchev–Trinajstić information content (AvgIpc) is 2.26. The second-order valence-electron chi connectivity index (χ2n) is 3.55. The van der Waals surface area contributed by atoms with Crippen LogP contribution >= 0.6 is 0 Å². The minimum absolute atomic E-state index is 0.667. The average molecular weight is 201 g/mol. The fraction of sp³-hybridized carbons (Fsp3) is 0.308. The molecule has 0 bridgehead atoms. The van der Waals surface area contributed by atoms with Gasteiger partial charge in [-0.25, -0.2) is 0 Å². The maximum atomic E-state index is 5.45. The summed E-state index contributed by atoms with van der Waals surface area (Å²) in [6.45, 7) is 5.46. The van der Waals surface area contributed by atoms with Crippen LogP contribution in [0.5, 0.6) is 0 Å². The van der Waals surface area contributed by atoms with Crippen molar-refractivity contribution in [3.8, 4) is 0 Å². The van der Waals surface area contributed by atoms with E-state index < -0.39 is 0 Å². The topological polar surface area (TPSA) is 22.1 Å². The SMILES string of the molecule is CCOCc1cccc2ccnc(C)c12. The molecule has 2 rings (SSSR count). The fourth-order valence-corrected chi connectivity index (χ4v) is 1.83. The highest BCUT2D eigenvalue weighted by molar-refractivity contribution is 5.87. The Bertz CT molecular complexity index is 460. The van der Waals surface area contributed by atoms with Gasteiger partial charge in [-0.15, -0.1) is 0 Å². The highest BCUT2D eigenvalue weighted by Gasteiger charge is 2.03. The zero-order chi connectivity index (χ0) is 10.7. The lowest BCUT2D eigenvalue weighted by Crippen LogP contribution is -1.95. The molecule has 0 radical (unpaired) electrons. The van der Waals surface area contributed by atoms with Crippen molar-refractivity contribution in [2.45, 2.75) is 20.5 Å². The normalized spacial score (nSPS) is 10.8. The summed E-state index contributed by atoms with van der Waals surface area (Å²) in [5, 5.41) is 2.47. The summed E-state index contributed by atoms with van der Waals surface area (Å²) in [5.41, 5.74) is 2.29. The third kappa shape index (κ3) is 2.00. The number of hydrogen-bond donors (Lipinski definition) is 0. The Hall–Kier alpha value is -1.41. The van der Waals surface area contributed by atoms with Crippen molar-refractivity contribution in [3.63, 3.8) is 0 Å². The molecule has 0 amide bonds. The lowest BCUT2D eigenvalue weighted by atomic mass is 10.0. The first-order valence-corrected chi connectivity index (χ1v) is 5.24. The van der Waals surface area contributed by atoms with Crippen molar-refractivity contribution in [1.29, 1.82) is 0 Å². The van der Waals surface area contributed by atoms with Crippen LogP contribution in [0.3, 0.4) is 0 Å². The van der Waals surface area contributed by atoms with E-state index in [1.807, 2.05) is 26.1 Å². The van der Waals surface area contributed by atoms with E-state index in [4.69, 9.17) is 4.74 Å². The summed E-state index contributed by atoms with van der Waals surface area (Å²) < 4.78 is 5.45. The first-order chi connectivity index (χ1) is 7.33. The number of nitrogens with zero attached hydrogens (tertiary/aromatic N) is 1. The van der Waals surface area contributed by atoms with Crippen molar-refractivity contribution in [2.75, 3.05) is 6.61 Å². The van der Waals surface area contributed by atoms with Gasteiger partial charge < -0.3 is 4.74 Å². The van der Waals surface area contributed by atoms with E-state index in [1.165, 1.54) is 16.3 Å². The second kappa shape index (κ2) is 4.41. The quantitative estimate of drug-likeness (QED) is 0.761. The van der Waals surface area contributed by atoms with Gasteiger partial charge in [-0.05, 0) is 30.9 Å². The number of hydrogen-bond acceptors (Lipinski definition) is 2. The number of rotatable bonds is 3. The molecule has 2 aromatic rings. The Kier molecular flexibility index (Phi) is 2.97. The molecule has 0 unspecified atom stereocenters. The lowest BCUT2D eigenvalue weighted by molar-refractivity contribution is 0.135. The molecule has 1 heterocycles. The van der Waals surface area contributed by atoms with Crippen LogP contribution < -0.4 is 0 Å². The van der Waals surface area contributed by atoms with Gasteiger partial charge in [0, 0.05) is 23.9 Å². The lowest BCUT2D eigenvalue weighted by Gasteiger charge is -2.08. The van der Waals surface area contributed by atoms with Gasteiger partial charge >= 0.3 is 0 Å². The van der Waals surface area contributed by atoms with Gasteiger partial charge in [0.1, 0.15) is 0 Å². The zero-order valence-electron chi connectivity index (χ0n) is 9.16.